The van der Waals surface area contributed by atoms with E-state index in [4.69, 9.17) is 21.3 Å². The van der Waals surface area contributed by atoms with E-state index in [1.54, 1.807) is 13.3 Å². The van der Waals surface area contributed by atoms with Crippen LogP contribution in [0.1, 0.15) is 46.5 Å². The molecule has 37 heavy (non-hydrogen) atoms. The first-order valence-electron chi connectivity index (χ1n) is 12.8. The molecule has 4 aromatic rings. The molecule has 190 valence electrons. The second kappa shape index (κ2) is 9.92. The zero-order valence-corrected chi connectivity index (χ0v) is 21.9. The monoisotopic (exact) mass is 516 g/mol. The largest absolute Gasteiger partial charge is 0.497 e. The predicted molar refractivity (Wildman–Crippen MR) is 146 cm³/mol. The second-order valence-electron chi connectivity index (χ2n) is 10.1. The van der Waals surface area contributed by atoms with Crippen molar-refractivity contribution in [2.24, 2.45) is 5.92 Å². The average molecular weight is 517 g/mol. The Morgan fingerprint density at radius 3 is 2.76 bits per heavy atom. The van der Waals surface area contributed by atoms with Gasteiger partial charge in [-0.25, -0.2) is 4.98 Å². The summed E-state index contributed by atoms with van der Waals surface area (Å²) >= 11 is 6.68. The number of hydrogen-bond donors (Lipinski definition) is 0. The first-order chi connectivity index (χ1) is 18.1. The first kappa shape index (κ1) is 24.1. The minimum Gasteiger partial charge on any atom is -0.497 e. The summed E-state index contributed by atoms with van der Waals surface area (Å²) in [5.41, 5.74) is 10.1. The predicted octanol–water partition coefficient (Wildman–Crippen LogP) is 6.40. The number of rotatable bonds is 6. The van der Waals surface area contributed by atoms with Crippen molar-refractivity contribution in [3.05, 3.63) is 93.7 Å². The van der Waals surface area contributed by atoms with E-state index >= 15 is 0 Å². The van der Waals surface area contributed by atoms with Crippen molar-refractivity contribution in [3.63, 3.8) is 0 Å². The lowest BCUT2D eigenvalue weighted by Crippen LogP contribution is -2.47. The van der Waals surface area contributed by atoms with Gasteiger partial charge < -0.3 is 9.14 Å². The number of hydrogen-bond acceptors (Lipinski definition) is 4. The van der Waals surface area contributed by atoms with Gasteiger partial charge in [-0.05, 0) is 89.9 Å². The van der Waals surface area contributed by atoms with Gasteiger partial charge in [-0.15, -0.1) is 0 Å². The smallest absolute Gasteiger partial charge is 0.137 e. The molecule has 0 atom stereocenters. The molecule has 1 aliphatic heterocycles. The molecule has 3 aromatic heterocycles. The van der Waals surface area contributed by atoms with Crippen LogP contribution in [-0.2, 0) is 13.0 Å². The van der Waals surface area contributed by atoms with Crippen LogP contribution in [0.2, 0.25) is 5.02 Å². The van der Waals surface area contributed by atoms with Crippen molar-refractivity contribution in [2.45, 2.75) is 32.7 Å². The van der Waals surface area contributed by atoms with Gasteiger partial charge in [0.15, 0.2) is 0 Å². The van der Waals surface area contributed by atoms with Crippen LogP contribution in [0.5, 0.6) is 5.75 Å². The maximum atomic E-state index is 12.9. The van der Waals surface area contributed by atoms with Gasteiger partial charge in [-0.3, -0.25) is 14.3 Å². The van der Waals surface area contributed by atoms with E-state index in [0.717, 1.165) is 72.8 Å². The summed E-state index contributed by atoms with van der Waals surface area (Å²) in [4.78, 5) is 11.5. The van der Waals surface area contributed by atoms with Crippen LogP contribution in [-0.4, -0.2) is 46.1 Å². The Morgan fingerprint density at radius 2 is 1.97 bits per heavy atom. The fourth-order valence-electron chi connectivity index (χ4n) is 5.75. The molecule has 1 aliphatic carbocycles. The summed E-state index contributed by atoms with van der Waals surface area (Å²) in [6.07, 6.45) is 8.53. The molecule has 7 heteroatoms. The molecular formula is C30H30ClFN4O. The Hall–Kier alpha value is -3.22. The number of allylic oxidation sites excluding steroid dienone is 1. The van der Waals surface area contributed by atoms with Gasteiger partial charge in [0.2, 0.25) is 0 Å². The Labute approximate surface area is 221 Å². The van der Waals surface area contributed by atoms with Crippen LogP contribution in [0.15, 0.2) is 55.0 Å². The number of likely N-dealkylation sites (tertiary alicyclic amines) is 1. The highest BCUT2D eigenvalue weighted by molar-refractivity contribution is 6.32. The van der Waals surface area contributed by atoms with Crippen LogP contribution in [0, 0.1) is 12.8 Å². The van der Waals surface area contributed by atoms with Gasteiger partial charge >= 0.3 is 0 Å². The number of nitrogens with zero attached hydrogens (tertiary/aromatic N) is 4. The molecule has 4 heterocycles. The molecule has 1 aromatic carbocycles. The molecule has 0 saturated carbocycles. The number of aromatic nitrogens is 3. The third-order valence-electron chi connectivity index (χ3n) is 7.73. The zero-order valence-electron chi connectivity index (χ0n) is 21.2. The topological polar surface area (TPSA) is 42.7 Å². The van der Waals surface area contributed by atoms with Gasteiger partial charge in [0, 0.05) is 49.8 Å². The highest BCUT2D eigenvalue weighted by Gasteiger charge is 2.28. The SMILES string of the molecule is COc1ccc2c(c1)CCCC(c1ccncc1Cl)=C2c1ccn2c(C)c(CN3CC(CF)C3)nc2c1. The molecule has 0 amide bonds. The molecule has 2 aliphatic rings. The average Bonchev–Trinajstić information content (AvgIpc) is 3.07. The summed E-state index contributed by atoms with van der Waals surface area (Å²) in [6, 6.07) is 12.7. The summed E-state index contributed by atoms with van der Waals surface area (Å²) < 4.78 is 20.6. The standard InChI is InChI=1S/C30H30ClFN4O/c1-19-28(18-35-16-20(14-32)17-35)34-29-13-22(9-11-36(19)29)30-24-7-6-23(37-2)12-21(24)4-3-5-26(30)25-8-10-33-15-27(25)31/h6-13,15,20H,3-5,14,16-18H2,1-2H3. The fraction of sp³-hybridized carbons (Fsp3) is 0.333. The van der Waals surface area contributed by atoms with Crippen LogP contribution in [0.25, 0.3) is 16.8 Å². The molecule has 5 nitrogen and oxygen atoms in total. The maximum absolute atomic E-state index is 12.9. The second-order valence-corrected chi connectivity index (χ2v) is 10.5. The Bertz CT molecular complexity index is 1500. The third kappa shape index (κ3) is 4.42. The van der Waals surface area contributed by atoms with Gasteiger partial charge in [0.25, 0.3) is 0 Å². The van der Waals surface area contributed by atoms with Crippen molar-refractivity contribution < 1.29 is 9.13 Å². The number of fused-ring (bicyclic) bond motifs is 2. The summed E-state index contributed by atoms with van der Waals surface area (Å²) in [5, 5.41) is 0.660. The lowest BCUT2D eigenvalue weighted by Gasteiger charge is -2.37. The van der Waals surface area contributed by atoms with E-state index in [-0.39, 0.29) is 12.6 Å². The van der Waals surface area contributed by atoms with Crippen molar-refractivity contribution in [2.75, 3.05) is 26.9 Å². The number of pyridine rings is 2. The van der Waals surface area contributed by atoms with Gasteiger partial charge in [-0.1, -0.05) is 17.7 Å². The molecular weight excluding hydrogens is 487 g/mol. The molecule has 0 unspecified atom stereocenters. The molecule has 1 fully saturated rings. The van der Waals surface area contributed by atoms with Crippen molar-refractivity contribution in [3.8, 4) is 5.75 Å². The van der Waals surface area contributed by atoms with Crippen LogP contribution in [0.4, 0.5) is 4.39 Å². The highest BCUT2D eigenvalue weighted by atomic mass is 35.5. The summed E-state index contributed by atoms with van der Waals surface area (Å²) in [7, 11) is 1.71. The Morgan fingerprint density at radius 1 is 1.11 bits per heavy atom. The number of benzene rings is 1. The summed E-state index contributed by atoms with van der Waals surface area (Å²) in [5.74, 6) is 1.04. The molecule has 0 radical (unpaired) electrons. The quantitative estimate of drug-likeness (QED) is 0.297. The molecule has 6 rings (SSSR count). The van der Waals surface area contributed by atoms with E-state index < -0.39 is 0 Å². The van der Waals surface area contributed by atoms with Crippen LogP contribution >= 0.6 is 11.6 Å². The number of methoxy groups -OCH3 is 1. The number of imidazole rings is 1. The van der Waals surface area contributed by atoms with Gasteiger partial charge in [-0.2, -0.15) is 0 Å². The number of halogens is 2. The Balaban J connectivity index is 1.49. The third-order valence-corrected chi connectivity index (χ3v) is 8.03. The lowest BCUT2D eigenvalue weighted by molar-refractivity contribution is 0.0725. The van der Waals surface area contributed by atoms with Crippen molar-refractivity contribution >= 4 is 28.4 Å². The number of ether oxygens (including phenoxy) is 1. The van der Waals surface area contributed by atoms with Crippen molar-refractivity contribution in [1.29, 1.82) is 0 Å². The van der Waals surface area contributed by atoms with Gasteiger partial charge in [0.05, 0.1) is 24.5 Å². The number of alkyl halides is 1. The van der Waals surface area contributed by atoms with E-state index in [9.17, 15) is 4.39 Å². The minimum absolute atomic E-state index is 0.170. The molecule has 0 spiro atoms. The van der Waals surface area contributed by atoms with Crippen LogP contribution < -0.4 is 4.74 Å². The molecule has 0 bridgehead atoms. The maximum Gasteiger partial charge on any atom is 0.137 e. The number of aryl methyl sites for hydroxylation is 2. The van der Waals surface area contributed by atoms with E-state index in [0.29, 0.717) is 5.02 Å². The van der Waals surface area contributed by atoms with Crippen LogP contribution in [0.3, 0.4) is 0 Å². The molecule has 1 saturated heterocycles. The molecule has 0 N–H and O–H groups in total. The Kier molecular flexibility index (Phi) is 6.47. The lowest BCUT2D eigenvalue weighted by atomic mass is 9.88. The van der Waals surface area contributed by atoms with Gasteiger partial charge in [0.1, 0.15) is 11.4 Å². The van der Waals surface area contributed by atoms with Crippen molar-refractivity contribution in [1.82, 2.24) is 19.3 Å². The van der Waals surface area contributed by atoms with E-state index in [1.165, 1.54) is 22.3 Å². The van der Waals surface area contributed by atoms with E-state index in [2.05, 4.69) is 51.7 Å². The summed E-state index contributed by atoms with van der Waals surface area (Å²) in [6.45, 7) is 4.23. The zero-order chi connectivity index (χ0) is 25.5. The first-order valence-corrected chi connectivity index (χ1v) is 13.2. The normalized spacial score (nSPS) is 16.5. The highest BCUT2D eigenvalue weighted by Crippen LogP contribution is 2.42. The fourth-order valence-corrected chi connectivity index (χ4v) is 5.98. The van der Waals surface area contributed by atoms with E-state index in [1.807, 2.05) is 18.3 Å². The minimum atomic E-state index is -0.240.